The first-order valence-electron chi connectivity index (χ1n) is 12.4. The largest absolute Gasteiger partial charge is 0.270 e. The minimum Gasteiger partial charge on any atom is -0.237 e. The fraction of sp³-hybridized carbons (Fsp3) is 0. The number of benzene rings is 1. The van der Waals surface area contributed by atoms with Crippen LogP contribution in [-0.2, 0) is 0 Å². The van der Waals surface area contributed by atoms with Crippen LogP contribution < -0.4 is 0 Å². The zero-order chi connectivity index (χ0) is 33.3. The summed E-state index contributed by atoms with van der Waals surface area (Å²) in [5, 5.41) is 60.3. The van der Waals surface area contributed by atoms with Gasteiger partial charge in [0.05, 0.1) is 49.1 Å². The predicted molar refractivity (Wildman–Crippen MR) is 153 cm³/mol. The molecule has 0 N–H and O–H groups in total. The van der Waals surface area contributed by atoms with Crippen LogP contribution in [-0.4, -0.2) is 9.97 Å². The van der Waals surface area contributed by atoms with Gasteiger partial charge in [-0.1, -0.05) is 0 Å². The van der Waals surface area contributed by atoms with Crippen molar-refractivity contribution in [3.05, 3.63) is 138 Å². The Bertz CT molecular complexity index is 2340. The molecule has 1 aromatic carbocycles. The number of pyridine rings is 2. The fourth-order valence-electron chi connectivity index (χ4n) is 5.42. The molecule has 0 saturated carbocycles. The summed E-state index contributed by atoms with van der Waals surface area (Å²) in [6, 6.07) is 16.2. The van der Waals surface area contributed by atoms with Gasteiger partial charge in [0.15, 0.2) is 5.69 Å². The molecule has 0 radical (unpaired) electrons. The van der Waals surface area contributed by atoms with Gasteiger partial charge in [-0.25, -0.2) is 35.0 Å². The van der Waals surface area contributed by atoms with Crippen LogP contribution in [0.1, 0.15) is 50.3 Å². The number of rotatable bonds is 2. The molecule has 46 heavy (non-hydrogen) atoms. The van der Waals surface area contributed by atoms with E-state index in [1.54, 1.807) is 24.3 Å². The van der Waals surface area contributed by atoms with Gasteiger partial charge in [-0.15, -0.1) is 0 Å². The molecule has 13 heteroatoms. The highest BCUT2D eigenvalue weighted by molar-refractivity contribution is 6.30. The summed E-state index contributed by atoms with van der Waals surface area (Å²) in [4.78, 5) is 17.3. The van der Waals surface area contributed by atoms with Crippen LogP contribution >= 0.6 is 0 Å². The van der Waals surface area contributed by atoms with Gasteiger partial charge >= 0.3 is 0 Å². The molecule has 0 saturated heterocycles. The van der Waals surface area contributed by atoms with E-state index < -0.39 is 34.7 Å². The van der Waals surface area contributed by atoms with Crippen molar-refractivity contribution in [1.82, 2.24) is 9.97 Å². The lowest BCUT2D eigenvalue weighted by Crippen LogP contribution is -2.00. The lowest BCUT2D eigenvalue weighted by Gasteiger charge is -2.14. The summed E-state index contributed by atoms with van der Waals surface area (Å²) < 4.78 is 28.0. The molecule has 2 aliphatic rings. The Balaban J connectivity index is 2.07. The quantitative estimate of drug-likeness (QED) is 0.199. The van der Waals surface area contributed by atoms with Crippen molar-refractivity contribution in [1.29, 1.82) is 31.6 Å². The molecule has 206 valence electrons. The number of hydrogen-bond acceptors (Lipinski definition) is 8. The van der Waals surface area contributed by atoms with E-state index in [0.29, 0.717) is 0 Å². The SMILES string of the molecule is [C-]#[N+]C1=C(c2ccc(F)nc2C#N)/C(=C(/C#N)[N+]#[C-])c2cc3c(c(C#N)c21)C(C#N)=C(c1ccc(F)nc1C#N)/C3=C(\C#N)[N+]#[C-]. The van der Waals surface area contributed by atoms with E-state index in [2.05, 4.69) is 24.5 Å². The van der Waals surface area contributed by atoms with E-state index in [0.717, 1.165) is 24.3 Å². The number of aromatic nitrogens is 2. The summed E-state index contributed by atoms with van der Waals surface area (Å²) in [5.74, 6) is -2.04. The van der Waals surface area contributed by atoms with Crippen LogP contribution in [0.4, 0.5) is 8.78 Å². The zero-order valence-electron chi connectivity index (χ0n) is 22.6. The zero-order valence-corrected chi connectivity index (χ0v) is 22.6. The second-order valence-corrected chi connectivity index (χ2v) is 9.08. The molecule has 0 aliphatic heterocycles. The van der Waals surface area contributed by atoms with Gasteiger partial charge < -0.3 is 0 Å². The standard InChI is InChI=1S/C33H5F2N11/c1-42-23(13-40)30-17-8-18-29(20(10-37)27(17)19(9-36)28(30)15-4-6-25(34)45-21(15)11-38)33(44-3)32(31(18)24(14-41)43-2)16-5-7-26(35)46-22(16)12-39/h4-8H/b30-23+,31-24-. The molecule has 0 unspecified atom stereocenters. The Labute approximate surface area is 258 Å². The summed E-state index contributed by atoms with van der Waals surface area (Å²) in [5.41, 5.74) is -4.52. The molecule has 2 heterocycles. The predicted octanol–water partition coefficient (Wildman–Crippen LogP) is 5.93. The molecule has 0 fully saturated rings. The van der Waals surface area contributed by atoms with Crippen LogP contribution in [0, 0.1) is 99.6 Å². The third kappa shape index (κ3) is 4.01. The molecule has 0 amide bonds. The average molecular weight is 593 g/mol. The van der Waals surface area contributed by atoms with E-state index in [1.807, 2.05) is 12.1 Å². The Morgan fingerprint density at radius 1 is 0.630 bits per heavy atom. The highest BCUT2D eigenvalue weighted by atomic mass is 19.1. The molecule has 0 atom stereocenters. The third-order valence-corrected chi connectivity index (χ3v) is 7.06. The monoisotopic (exact) mass is 593 g/mol. The summed E-state index contributed by atoms with van der Waals surface area (Å²) in [6.07, 6.45) is 0. The van der Waals surface area contributed by atoms with Crippen LogP contribution in [0.5, 0.6) is 0 Å². The van der Waals surface area contributed by atoms with Crippen molar-refractivity contribution in [2.24, 2.45) is 0 Å². The maximum Gasteiger partial charge on any atom is 0.270 e. The molecular formula is C33H5F2N11. The first-order valence-corrected chi connectivity index (χ1v) is 12.4. The normalized spacial score (nSPS) is 14.5. The minimum absolute atomic E-state index is 0.0619. The van der Waals surface area contributed by atoms with E-state index in [4.69, 9.17) is 19.7 Å². The maximum absolute atomic E-state index is 14.0. The first kappa shape index (κ1) is 29.2. The molecule has 11 nitrogen and oxygen atoms in total. The van der Waals surface area contributed by atoms with E-state index in [1.165, 1.54) is 6.07 Å². The van der Waals surface area contributed by atoms with Gasteiger partial charge in [0, 0.05) is 33.4 Å². The van der Waals surface area contributed by atoms with Crippen molar-refractivity contribution in [2.75, 3.05) is 0 Å². The molecule has 5 rings (SSSR count). The number of allylic oxidation sites excluding steroid dienone is 7. The van der Waals surface area contributed by atoms with Gasteiger partial charge in [-0.3, -0.25) is 0 Å². The highest BCUT2D eigenvalue weighted by Crippen LogP contribution is 2.57. The topological polar surface area (TPSA) is 182 Å². The van der Waals surface area contributed by atoms with E-state index in [9.17, 15) is 40.4 Å². The Morgan fingerprint density at radius 3 is 1.57 bits per heavy atom. The number of nitrogens with zero attached hydrogens (tertiary/aromatic N) is 11. The van der Waals surface area contributed by atoms with Crippen LogP contribution in [0.25, 0.3) is 48.1 Å². The molecule has 0 bridgehead atoms. The molecule has 2 aromatic heterocycles. The third-order valence-electron chi connectivity index (χ3n) is 7.06. The first-order chi connectivity index (χ1) is 22.3. The number of halogens is 2. The van der Waals surface area contributed by atoms with Crippen molar-refractivity contribution in [3.63, 3.8) is 0 Å². The van der Waals surface area contributed by atoms with Crippen molar-refractivity contribution >= 4 is 33.6 Å². The molecule has 0 spiro atoms. The van der Waals surface area contributed by atoms with Crippen molar-refractivity contribution in [3.8, 4) is 36.4 Å². The van der Waals surface area contributed by atoms with Crippen LogP contribution in [0.2, 0.25) is 0 Å². The lowest BCUT2D eigenvalue weighted by molar-refractivity contribution is 0.581. The Kier molecular flexibility index (Phi) is 7.12. The van der Waals surface area contributed by atoms with Crippen LogP contribution in [0.15, 0.2) is 41.7 Å². The second kappa shape index (κ2) is 11.2. The van der Waals surface area contributed by atoms with Gasteiger partial charge in [-0.05, 0) is 52.6 Å². The molecule has 2 aliphatic carbocycles. The molecule has 3 aromatic rings. The van der Waals surface area contributed by atoms with Gasteiger partial charge in [0.1, 0.15) is 23.9 Å². The minimum atomic E-state index is -1.02. The maximum atomic E-state index is 14.0. The van der Waals surface area contributed by atoms with Crippen LogP contribution in [0.3, 0.4) is 0 Å². The smallest absolute Gasteiger partial charge is 0.237 e. The summed E-state index contributed by atoms with van der Waals surface area (Å²) in [6.45, 7) is 23.4. The number of fused-ring (bicyclic) bond motifs is 2. The Morgan fingerprint density at radius 2 is 1.13 bits per heavy atom. The lowest BCUT2D eigenvalue weighted by atomic mass is 9.88. The van der Waals surface area contributed by atoms with Gasteiger partial charge in [0.2, 0.25) is 17.6 Å². The van der Waals surface area contributed by atoms with E-state index >= 15 is 0 Å². The van der Waals surface area contributed by atoms with Gasteiger partial charge in [-0.2, -0.15) is 29.8 Å². The Hall–Kier alpha value is -8.25. The fourth-order valence-corrected chi connectivity index (χ4v) is 5.42. The summed E-state index contributed by atoms with van der Waals surface area (Å²) >= 11 is 0. The average Bonchev–Trinajstić information content (AvgIpc) is 3.57. The number of nitriles is 6. The van der Waals surface area contributed by atoms with Gasteiger partial charge in [0.25, 0.3) is 11.4 Å². The number of hydrogen-bond donors (Lipinski definition) is 0. The van der Waals surface area contributed by atoms with E-state index in [-0.39, 0.29) is 72.5 Å². The molecular weight excluding hydrogens is 588 g/mol. The van der Waals surface area contributed by atoms with Crippen molar-refractivity contribution < 1.29 is 8.78 Å². The summed E-state index contributed by atoms with van der Waals surface area (Å²) in [7, 11) is 0. The van der Waals surface area contributed by atoms with Crippen molar-refractivity contribution in [2.45, 2.75) is 0 Å². The highest BCUT2D eigenvalue weighted by Gasteiger charge is 2.41. The second-order valence-electron chi connectivity index (χ2n) is 9.08.